The molecule has 29 heavy (non-hydrogen) atoms. The molecule has 1 amide bonds. The van der Waals surface area contributed by atoms with Crippen LogP contribution in [0.3, 0.4) is 0 Å². The second-order valence-corrected chi connectivity index (χ2v) is 6.84. The van der Waals surface area contributed by atoms with Gasteiger partial charge in [-0.1, -0.05) is 18.2 Å². The van der Waals surface area contributed by atoms with E-state index in [1.807, 2.05) is 12.1 Å². The van der Waals surface area contributed by atoms with Crippen LogP contribution < -0.4 is 10.1 Å². The smallest absolute Gasteiger partial charge is 0.310 e. The van der Waals surface area contributed by atoms with Gasteiger partial charge in [-0.3, -0.25) is 19.7 Å². The maximum Gasteiger partial charge on any atom is 0.310 e. The predicted molar refractivity (Wildman–Crippen MR) is 106 cm³/mol. The lowest BCUT2D eigenvalue weighted by Gasteiger charge is -2.16. The number of fused-ring (bicyclic) bond motifs is 1. The predicted octanol–water partition coefficient (Wildman–Crippen LogP) is 3.21. The minimum atomic E-state index is -0.559. The molecular formula is C21H22N2O6. The van der Waals surface area contributed by atoms with Gasteiger partial charge in [0.05, 0.1) is 30.2 Å². The maximum atomic E-state index is 12.1. The normalized spacial score (nSPS) is 12.6. The van der Waals surface area contributed by atoms with E-state index in [2.05, 4.69) is 11.4 Å². The summed E-state index contributed by atoms with van der Waals surface area (Å²) in [5, 5.41) is 13.3. The van der Waals surface area contributed by atoms with Gasteiger partial charge in [-0.05, 0) is 48.4 Å². The summed E-state index contributed by atoms with van der Waals surface area (Å²) in [5.74, 6) is -0.907. The second kappa shape index (κ2) is 9.18. The molecule has 0 saturated heterocycles. The van der Waals surface area contributed by atoms with Crippen molar-refractivity contribution in [2.75, 3.05) is 19.0 Å². The Labute approximate surface area is 168 Å². The fraction of sp³-hybridized carbons (Fsp3) is 0.333. The molecule has 0 aliphatic heterocycles. The molecular weight excluding hydrogens is 376 g/mol. The highest BCUT2D eigenvalue weighted by molar-refractivity contribution is 5.94. The second-order valence-electron chi connectivity index (χ2n) is 6.84. The average molecular weight is 398 g/mol. The molecule has 2 aromatic rings. The van der Waals surface area contributed by atoms with Crippen molar-refractivity contribution in [1.29, 1.82) is 0 Å². The number of hydrogen-bond donors (Lipinski definition) is 1. The number of methoxy groups -OCH3 is 1. The number of anilines is 1. The van der Waals surface area contributed by atoms with E-state index in [1.54, 1.807) is 0 Å². The summed E-state index contributed by atoms with van der Waals surface area (Å²) in [5.41, 5.74) is 3.59. The van der Waals surface area contributed by atoms with Crippen molar-refractivity contribution in [3.63, 3.8) is 0 Å². The number of carbonyl (C=O) groups is 2. The molecule has 1 aliphatic carbocycles. The number of benzene rings is 2. The third-order valence-corrected chi connectivity index (χ3v) is 4.80. The van der Waals surface area contributed by atoms with Gasteiger partial charge in [0.15, 0.2) is 6.61 Å². The van der Waals surface area contributed by atoms with Crippen molar-refractivity contribution in [3.8, 4) is 5.75 Å². The van der Waals surface area contributed by atoms with Crippen molar-refractivity contribution in [3.05, 3.63) is 63.2 Å². The van der Waals surface area contributed by atoms with Gasteiger partial charge in [-0.15, -0.1) is 0 Å². The molecule has 0 bridgehead atoms. The van der Waals surface area contributed by atoms with Crippen LogP contribution in [0.1, 0.15) is 29.5 Å². The number of nitro benzene ring substituents is 1. The van der Waals surface area contributed by atoms with E-state index >= 15 is 0 Å². The largest absolute Gasteiger partial charge is 0.494 e. The number of rotatable bonds is 7. The third kappa shape index (κ3) is 5.31. The standard InChI is InChI=1S/C21H22N2O6/c1-28-19-12-17(23(26)27)8-9-18(19)22-20(24)13-29-21(25)11-14-6-7-15-4-2-3-5-16(15)10-14/h6-10,12H,2-5,11,13H2,1H3,(H,22,24). The summed E-state index contributed by atoms with van der Waals surface area (Å²) < 4.78 is 10.1. The average Bonchev–Trinajstić information content (AvgIpc) is 2.72. The Balaban J connectivity index is 1.53. The lowest BCUT2D eigenvalue weighted by atomic mass is 9.90. The zero-order valence-electron chi connectivity index (χ0n) is 16.1. The number of nitrogens with one attached hydrogen (secondary N) is 1. The molecule has 0 radical (unpaired) electrons. The fourth-order valence-electron chi connectivity index (χ4n) is 3.34. The van der Waals surface area contributed by atoms with Crippen LogP contribution in [-0.4, -0.2) is 30.5 Å². The van der Waals surface area contributed by atoms with Crippen LogP contribution in [0.5, 0.6) is 5.75 Å². The van der Waals surface area contributed by atoms with E-state index < -0.39 is 23.4 Å². The van der Waals surface area contributed by atoms with Gasteiger partial charge < -0.3 is 14.8 Å². The first kappa shape index (κ1) is 20.3. The van der Waals surface area contributed by atoms with E-state index in [0.29, 0.717) is 0 Å². The first-order valence-electron chi connectivity index (χ1n) is 9.35. The van der Waals surface area contributed by atoms with Crippen molar-refractivity contribution in [2.45, 2.75) is 32.1 Å². The fourth-order valence-corrected chi connectivity index (χ4v) is 3.34. The van der Waals surface area contributed by atoms with E-state index in [4.69, 9.17) is 9.47 Å². The minimum absolute atomic E-state index is 0.0986. The zero-order chi connectivity index (χ0) is 20.8. The van der Waals surface area contributed by atoms with Crippen LogP contribution in [-0.2, 0) is 33.6 Å². The van der Waals surface area contributed by atoms with Crippen LogP contribution in [0.2, 0.25) is 0 Å². The molecule has 0 spiro atoms. The van der Waals surface area contributed by atoms with Crippen LogP contribution in [0.25, 0.3) is 0 Å². The van der Waals surface area contributed by atoms with Gasteiger partial charge >= 0.3 is 5.97 Å². The SMILES string of the molecule is COc1cc([N+](=O)[O-])ccc1NC(=O)COC(=O)Cc1ccc2c(c1)CCCC2. The number of carbonyl (C=O) groups excluding carboxylic acids is 2. The molecule has 1 N–H and O–H groups in total. The molecule has 0 saturated carbocycles. The number of amides is 1. The lowest BCUT2D eigenvalue weighted by molar-refractivity contribution is -0.384. The Hall–Kier alpha value is -3.42. The van der Waals surface area contributed by atoms with Gasteiger partial charge in [0.1, 0.15) is 5.75 Å². The molecule has 0 unspecified atom stereocenters. The molecule has 2 aromatic carbocycles. The van der Waals surface area contributed by atoms with E-state index in [-0.39, 0.29) is 23.5 Å². The van der Waals surface area contributed by atoms with Crippen LogP contribution in [0.4, 0.5) is 11.4 Å². The van der Waals surface area contributed by atoms with E-state index in [1.165, 1.54) is 42.9 Å². The van der Waals surface area contributed by atoms with Crippen LogP contribution in [0, 0.1) is 10.1 Å². The Morgan fingerprint density at radius 1 is 1.10 bits per heavy atom. The summed E-state index contributed by atoms with van der Waals surface area (Å²) in [6.07, 6.45) is 4.56. The first-order valence-corrected chi connectivity index (χ1v) is 9.35. The molecule has 8 nitrogen and oxygen atoms in total. The minimum Gasteiger partial charge on any atom is -0.494 e. The highest BCUT2D eigenvalue weighted by Crippen LogP contribution is 2.29. The third-order valence-electron chi connectivity index (χ3n) is 4.80. The number of ether oxygens (including phenoxy) is 2. The summed E-state index contributed by atoms with van der Waals surface area (Å²) >= 11 is 0. The number of nitrogens with zero attached hydrogens (tertiary/aromatic N) is 1. The van der Waals surface area contributed by atoms with Gasteiger partial charge in [-0.25, -0.2) is 0 Å². The van der Waals surface area contributed by atoms with Gasteiger partial charge in [0, 0.05) is 6.07 Å². The van der Waals surface area contributed by atoms with Gasteiger partial charge in [-0.2, -0.15) is 0 Å². The Kier molecular flexibility index (Phi) is 6.43. The highest BCUT2D eigenvalue weighted by Gasteiger charge is 2.15. The first-order chi connectivity index (χ1) is 14.0. The number of aryl methyl sites for hydroxylation is 2. The molecule has 8 heteroatoms. The molecule has 0 fully saturated rings. The summed E-state index contributed by atoms with van der Waals surface area (Å²) in [4.78, 5) is 34.4. The Morgan fingerprint density at radius 2 is 1.86 bits per heavy atom. The lowest BCUT2D eigenvalue weighted by Crippen LogP contribution is -2.22. The van der Waals surface area contributed by atoms with Crippen LogP contribution in [0.15, 0.2) is 36.4 Å². The number of non-ortho nitro benzene ring substituents is 1. The van der Waals surface area contributed by atoms with Gasteiger partial charge in [0.25, 0.3) is 11.6 Å². The summed E-state index contributed by atoms with van der Waals surface area (Å²) in [6.45, 7) is -0.454. The molecule has 0 atom stereocenters. The topological polar surface area (TPSA) is 108 Å². The number of esters is 1. The quantitative estimate of drug-likeness (QED) is 0.436. The molecule has 0 heterocycles. The molecule has 3 rings (SSSR count). The van der Waals surface area contributed by atoms with Crippen molar-refractivity contribution in [2.24, 2.45) is 0 Å². The summed E-state index contributed by atoms with van der Waals surface area (Å²) in [6, 6.07) is 9.84. The van der Waals surface area contributed by atoms with Gasteiger partial charge in [0.2, 0.25) is 0 Å². The van der Waals surface area contributed by atoms with Crippen molar-refractivity contribution >= 4 is 23.3 Å². The molecule has 1 aliphatic rings. The summed E-state index contributed by atoms with van der Waals surface area (Å²) in [7, 11) is 1.34. The Morgan fingerprint density at radius 3 is 2.59 bits per heavy atom. The van der Waals surface area contributed by atoms with Crippen LogP contribution >= 0.6 is 0 Å². The maximum absolute atomic E-state index is 12.1. The van der Waals surface area contributed by atoms with Crippen molar-refractivity contribution in [1.82, 2.24) is 0 Å². The zero-order valence-corrected chi connectivity index (χ0v) is 16.1. The molecule has 152 valence electrons. The van der Waals surface area contributed by atoms with Crippen molar-refractivity contribution < 1.29 is 24.0 Å². The number of hydrogen-bond acceptors (Lipinski definition) is 6. The monoisotopic (exact) mass is 398 g/mol. The van der Waals surface area contributed by atoms with E-state index in [9.17, 15) is 19.7 Å². The van der Waals surface area contributed by atoms with E-state index in [0.717, 1.165) is 24.8 Å². The molecule has 0 aromatic heterocycles. The highest BCUT2D eigenvalue weighted by atomic mass is 16.6. The number of nitro groups is 1. The Bertz CT molecular complexity index is 941.